The number of hydrogen-bond donors (Lipinski definition) is 2. The molecule has 0 saturated heterocycles. The first-order valence-electron chi connectivity index (χ1n) is 10.3. The van der Waals surface area contributed by atoms with Gasteiger partial charge in [0.25, 0.3) is 11.8 Å². The number of benzene rings is 4. The van der Waals surface area contributed by atoms with E-state index in [-0.39, 0.29) is 11.6 Å². The second kappa shape index (κ2) is 10.3. The summed E-state index contributed by atoms with van der Waals surface area (Å²) in [5, 5.41) is 7.68. The molecule has 0 aliphatic rings. The zero-order valence-electron chi connectivity index (χ0n) is 17.8. The lowest BCUT2D eigenvalue weighted by Gasteiger charge is -2.12. The Hall–Kier alpha value is -3.65. The second-order valence-electron chi connectivity index (χ2n) is 7.27. The number of methoxy groups -OCH3 is 1. The maximum absolute atomic E-state index is 13.2. The van der Waals surface area contributed by atoms with Crippen LogP contribution in [-0.4, -0.2) is 18.9 Å². The van der Waals surface area contributed by atoms with Crippen LogP contribution in [0.5, 0.6) is 5.75 Å². The van der Waals surface area contributed by atoms with Crippen LogP contribution in [0.1, 0.15) is 15.9 Å². The summed E-state index contributed by atoms with van der Waals surface area (Å²) < 4.78 is 6.22. The Morgan fingerprint density at radius 1 is 0.848 bits per heavy atom. The Morgan fingerprint density at radius 3 is 2.27 bits per heavy atom. The highest BCUT2D eigenvalue weighted by Gasteiger charge is 2.16. The zero-order chi connectivity index (χ0) is 23.2. The topological polar surface area (TPSA) is 67.4 Å². The van der Waals surface area contributed by atoms with Gasteiger partial charge < -0.3 is 15.4 Å². The van der Waals surface area contributed by atoms with Gasteiger partial charge in [-0.1, -0.05) is 42.5 Å². The van der Waals surface area contributed by atoms with Crippen LogP contribution in [0.15, 0.2) is 96.7 Å². The standard InChI is InChI=1S/C27H21IN2O3/c1-33-23-15-9-19(10-16-23)26(31)30-25(27(32)29-22-13-11-21(28)12-14-22)17-20-7-4-6-18-5-2-3-8-24(18)20/h2-17H,1H3,(H,29,32)(H,30,31)/b25-17-. The van der Waals surface area contributed by atoms with Crippen LogP contribution in [-0.2, 0) is 4.79 Å². The minimum absolute atomic E-state index is 0.144. The van der Waals surface area contributed by atoms with Crippen molar-refractivity contribution in [3.8, 4) is 5.75 Å². The average Bonchev–Trinajstić information content (AvgIpc) is 2.85. The van der Waals surface area contributed by atoms with Gasteiger partial charge in [0, 0.05) is 14.8 Å². The van der Waals surface area contributed by atoms with Crippen molar-refractivity contribution in [1.29, 1.82) is 0 Å². The molecule has 0 aliphatic heterocycles. The van der Waals surface area contributed by atoms with Crippen molar-refractivity contribution in [3.63, 3.8) is 0 Å². The van der Waals surface area contributed by atoms with Gasteiger partial charge in [-0.25, -0.2) is 0 Å². The number of ether oxygens (including phenoxy) is 1. The third kappa shape index (κ3) is 5.59. The Labute approximate surface area is 205 Å². The summed E-state index contributed by atoms with van der Waals surface area (Å²) in [7, 11) is 1.56. The number of halogens is 1. The molecule has 0 fully saturated rings. The van der Waals surface area contributed by atoms with E-state index in [2.05, 4.69) is 33.2 Å². The molecule has 0 unspecified atom stereocenters. The van der Waals surface area contributed by atoms with Crippen LogP contribution < -0.4 is 15.4 Å². The summed E-state index contributed by atoms with van der Waals surface area (Å²) in [6, 6.07) is 27.9. The van der Waals surface area contributed by atoms with Gasteiger partial charge in [-0.2, -0.15) is 0 Å². The zero-order valence-corrected chi connectivity index (χ0v) is 20.0. The highest BCUT2D eigenvalue weighted by molar-refractivity contribution is 14.1. The van der Waals surface area contributed by atoms with Crippen molar-refractivity contribution in [1.82, 2.24) is 5.32 Å². The molecule has 0 atom stereocenters. The van der Waals surface area contributed by atoms with Crippen LogP contribution in [0.25, 0.3) is 16.8 Å². The number of carbonyl (C=O) groups is 2. The van der Waals surface area contributed by atoms with Gasteiger partial charge in [0.15, 0.2) is 0 Å². The summed E-state index contributed by atoms with van der Waals surface area (Å²) in [5.74, 6) is -0.151. The number of fused-ring (bicyclic) bond motifs is 1. The van der Waals surface area contributed by atoms with E-state index in [4.69, 9.17) is 4.74 Å². The molecule has 2 amide bonds. The van der Waals surface area contributed by atoms with Crippen molar-refractivity contribution in [2.45, 2.75) is 0 Å². The van der Waals surface area contributed by atoms with Gasteiger partial charge in [0.2, 0.25) is 0 Å². The average molecular weight is 548 g/mol. The van der Waals surface area contributed by atoms with Gasteiger partial charge in [-0.05, 0) is 93.5 Å². The maximum Gasteiger partial charge on any atom is 0.272 e. The largest absolute Gasteiger partial charge is 0.497 e. The molecule has 0 aliphatic carbocycles. The number of hydrogen-bond acceptors (Lipinski definition) is 3. The third-order valence-electron chi connectivity index (χ3n) is 5.07. The molecule has 0 bridgehead atoms. The van der Waals surface area contributed by atoms with Crippen molar-refractivity contribution in [2.75, 3.05) is 12.4 Å². The van der Waals surface area contributed by atoms with E-state index in [1.165, 1.54) is 0 Å². The monoisotopic (exact) mass is 548 g/mol. The molecule has 0 aromatic heterocycles. The molecule has 4 aromatic rings. The summed E-state index contributed by atoms with van der Waals surface area (Å²) in [6.07, 6.45) is 1.70. The molecule has 0 spiro atoms. The number of nitrogens with one attached hydrogen (secondary N) is 2. The molecule has 6 heteroatoms. The Balaban J connectivity index is 1.69. The van der Waals surface area contributed by atoms with E-state index in [0.29, 0.717) is 17.0 Å². The van der Waals surface area contributed by atoms with Crippen LogP contribution in [0, 0.1) is 3.57 Å². The Kier molecular flexibility index (Phi) is 7.04. The predicted octanol–water partition coefficient (Wildman–Crippen LogP) is 5.86. The molecular formula is C27H21IN2O3. The van der Waals surface area contributed by atoms with Crippen LogP contribution in [0.3, 0.4) is 0 Å². The fourth-order valence-electron chi connectivity index (χ4n) is 3.36. The normalized spacial score (nSPS) is 11.2. The van der Waals surface area contributed by atoms with Crippen LogP contribution >= 0.6 is 22.6 Å². The first kappa shape index (κ1) is 22.5. The number of rotatable bonds is 6. The quantitative estimate of drug-likeness (QED) is 0.234. The molecule has 0 saturated carbocycles. The van der Waals surface area contributed by atoms with Gasteiger partial charge >= 0.3 is 0 Å². The molecule has 33 heavy (non-hydrogen) atoms. The fourth-order valence-corrected chi connectivity index (χ4v) is 3.72. The smallest absolute Gasteiger partial charge is 0.272 e. The molecule has 4 rings (SSSR count). The minimum atomic E-state index is -0.411. The highest BCUT2D eigenvalue weighted by atomic mass is 127. The molecule has 0 heterocycles. The van der Waals surface area contributed by atoms with E-state index in [1.807, 2.05) is 66.7 Å². The first-order chi connectivity index (χ1) is 16.0. The van der Waals surface area contributed by atoms with Crippen molar-refractivity contribution >= 4 is 56.9 Å². The first-order valence-corrected chi connectivity index (χ1v) is 11.3. The van der Waals surface area contributed by atoms with Gasteiger partial charge in [0.1, 0.15) is 11.4 Å². The Morgan fingerprint density at radius 2 is 1.55 bits per heavy atom. The van der Waals surface area contributed by atoms with Crippen LogP contribution in [0.2, 0.25) is 0 Å². The molecule has 5 nitrogen and oxygen atoms in total. The van der Waals surface area contributed by atoms with Gasteiger partial charge in [0.05, 0.1) is 7.11 Å². The SMILES string of the molecule is COc1ccc(C(=O)N/C(=C\c2cccc3ccccc23)C(=O)Nc2ccc(I)cc2)cc1. The molecule has 2 N–H and O–H groups in total. The van der Waals surface area contributed by atoms with Crippen molar-refractivity contribution in [2.24, 2.45) is 0 Å². The van der Waals surface area contributed by atoms with E-state index in [0.717, 1.165) is 19.9 Å². The summed E-state index contributed by atoms with van der Waals surface area (Å²) in [6.45, 7) is 0. The fraction of sp³-hybridized carbons (Fsp3) is 0.0370. The van der Waals surface area contributed by atoms with Crippen molar-refractivity contribution in [3.05, 3.63) is 111 Å². The van der Waals surface area contributed by atoms with E-state index in [9.17, 15) is 9.59 Å². The number of anilines is 1. The van der Waals surface area contributed by atoms with E-state index >= 15 is 0 Å². The highest BCUT2D eigenvalue weighted by Crippen LogP contribution is 2.21. The molecular weight excluding hydrogens is 527 g/mol. The Bertz CT molecular complexity index is 1320. The summed E-state index contributed by atoms with van der Waals surface area (Å²) >= 11 is 2.20. The molecule has 164 valence electrons. The second-order valence-corrected chi connectivity index (χ2v) is 8.52. The number of carbonyl (C=O) groups excluding carboxylic acids is 2. The third-order valence-corrected chi connectivity index (χ3v) is 5.79. The molecule has 0 radical (unpaired) electrons. The minimum Gasteiger partial charge on any atom is -0.497 e. The lowest BCUT2D eigenvalue weighted by Crippen LogP contribution is -2.30. The predicted molar refractivity (Wildman–Crippen MR) is 140 cm³/mol. The summed E-state index contributed by atoms with van der Waals surface area (Å²) in [4.78, 5) is 26.1. The summed E-state index contributed by atoms with van der Waals surface area (Å²) in [5.41, 5.74) is 2.03. The van der Waals surface area contributed by atoms with Gasteiger partial charge in [-0.15, -0.1) is 0 Å². The molecule has 4 aromatic carbocycles. The number of amides is 2. The van der Waals surface area contributed by atoms with Crippen molar-refractivity contribution < 1.29 is 14.3 Å². The van der Waals surface area contributed by atoms with Crippen LogP contribution in [0.4, 0.5) is 5.69 Å². The lowest BCUT2D eigenvalue weighted by atomic mass is 10.0. The maximum atomic E-state index is 13.2. The lowest BCUT2D eigenvalue weighted by molar-refractivity contribution is -0.113. The van der Waals surface area contributed by atoms with Gasteiger partial charge in [-0.3, -0.25) is 9.59 Å². The van der Waals surface area contributed by atoms with E-state index < -0.39 is 5.91 Å². The van der Waals surface area contributed by atoms with E-state index in [1.54, 1.807) is 37.5 Å².